The van der Waals surface area contributed by atoms with Crippen molar-refractivity contribution in [1.82, 2.24) is 10.3 Å². The number of nitrogens with zero attached hydrogens (tertiary/aromatic N) is 2. The van der Waals surface area contributed by atoms with Crippen LogP contribution in [0.3, 0.4) is 0 Å². The van der Waals surface area contributed by atoms with Gasteiger partial charge in [-0.15, -0.1) is 0 Å². The van der Waals surface area contributed by atoms with Gasteiger partial charge >= 0.3 is 0 Å². The Kier molecular flexibility index (Phi) is 6.29. The molecule has 0 aromatic carbocycles. The molecule has 19 heavy (non-hydrogen) atoms. The van der Waals surface area contributed by atoms with Crippen LogP contribution in [-0.4, -0.2) is 25.1 Å². The van der Waals surface area contributed by atoms with Gasteiger partial charge in [0, 0.05) is 25.3 Å². The van der Waals surface area contributed by atoms with Gasteiger partial charge in [0.25, 0.3) is 0 Å². The van der Waals surface area contributed by atoms with E-state index in [0.717, 1.165) is 25.2 Å². The summed E-state index contributed by atoms with van der Waals surface area (Å²) in [5.74, 6) is 1.57. The van der Waals surface area contributed by atoms with E-state index in [0.29, 0.717) is 12.0 Å². The summed E-state index contributed by atoms with van der Waals surface area (Å²) in [6, 6.07) is 4.99. The Bertz CT molecular complexity index is 384. The molecule has 1 heterocycles. The zero-order valence-corrected chi connectivity index (χ0v) is 13.3. The van der Waals surface area contributed by atoms with E-state index in [4.69, 9.17) is 4.98 Å². The van der Waals surface area contributed by atoms with E-state index in [1.165, 1.54) is 11.3 Å². The summed E-state index contributed by atoms with van der Waals surface area (Å²) in [6.07, 6.45) is 2.31. The van der Waals surface area contributed by atoms with E-state index >= 15 is 0 Å². The Labute approximate surface area is 118 Å². The Morgan fingerprint density at radius 2 is 1.84 bits per heavy atom. The van der Waals surface area contributed by atoms with Crippen molar-refractivity contribution in [3.63, 3.8) is 0 Å². The van der Waals surface area contributed by atoms with Gasteiger partial charge in [-0.25, -0.2) is 4.98 Å². The molecule has 3 heteroatoms. The largest absolute Gasteiger partial charge is 0.357 e. The van der Waals surface area contributed by atoms with Crippen LogP contribution in [0.25, 0.3) is 0 Å². The molecule has 1 N–H and O–H groups in total. The van der Waals surface area contributed by atoms with Crippen LogP contribution in [0.4, 0.5) is 5.82 Å². The molecule has 0 atom stereocenters. The van der Waals surface area contributed by atoms with Gasteiger partial charge in [0.15, 0.2) is 0 Å². The quantitative estimate of drug-likeness (QED) is 0.815. The normalized spacial score (nSPS) is 11.4. The van der Waals surface area contributed by atoms with Crippen molar-refractivity contribution in [3.8, 4) is 0 Å². The Morgan fingerprint density at radius 3 is 2.32 bits per heavy atom. The summed E-state index contributed by atoms with van der Waals surface area (Å²) in [7, 11) is 4.15. The predicted octanol–water partition coefficient (Wildman–Crippen LogP) is 3.55. The Balaban J connectivity index is 3.10. The summed E-state index contributed by atoms with van der Waals surface area (Å²) < 4.78 is 0. The lowest BCUT2D eigenvalue weighted by Gasteiger charge is -2.28. The lowest BCUT2D eigenvalue weighted by atomic mass is 10.1. The van der Waals surface area contributed by atoms with Crippen LogP contribution < -0.4 is 10.2 Å². The summed E-state index contributed by atoms with van der Waals surface area (Å²) in [6.45, 7) is 9.78. The highest BCUT2D eigenvalue weighted by Gasteiger charge is 2.14. The molecule has 1 aromatic rings. The highest BCUT2D eigenvalue weighted by Crippen LogP contribution is 2.22. The summed E-state index contributed by atoms with van der Waals surface area (Å²) in [5, 5.41) is 3.23. The number of nitrogens with one attached hydrogen (secondary N) is 1. The first-order valence-corrected chi connectivity index (χ1v) is 7.41. The maximum atomic E-state index is 4.83. The van der Waals surface area contributed by atoms with Crippen LogP contribution in [0.15, 0.2) is 12.1 Å². The average Bonchev–Trinajstić information content (AvgIpc) is 2.40. The molecular formula is C16H29N3. The van der Waals surface area contributed by atoms with Crippen LogP contribution in [0.1, 0.15) is 57.7 Å². The summed E-state index contributed by atoms with van der Waals surface area (Å²) >= 11 is 0. The fourth-order valence-corrected chi connectivity index (χ4v) is 2.40. The molecule has 0 spiro atoms. The molecule has 0 saturated heterocycles. The second kappa shape index (κ2) is 7.49. The highest BCUT2D eigenvalue weighted by atomic mass is 15.2. The van der Waals surface area contributed by atoms with E-state index in [2.05, 4.69) is 57.1 Å². The first-order valence-electron chi connectivity index (χ1n) is 7.41. The van der Waals surface area contributed by atoms with Gasteiger partial charge < -0.3 is 10.2 Å². The van der Waals surface area contributed by atoms with Gasteiger partial charge in [0.1, 0.15) is 5.82 Å². The van der Waals surface area contributed by atoms with Crippen molar-refractivity contribution in [1.29, 1.82) is 0 Å². The van der Waals surface area contributed by atoms with Crippen LogP contribution >= 0.6 is 0 Å². The topological polar surface area (TPSA) is 28.2 Å². The second-order valence-corrected chi connectivity index (χ2v) is 5.52. The fraction of sp³-hybridized carbons (Fsp3) is 0.688. The van der Waals surface area contributed by atoms with Crippen LogP contribution in [0.5, 0.6) is 0 Å². The van der Waals surface area contributed by atoms with Crippen LogP contribution in [0.2, 0.25) is 0 Å². The molecule has 0 radical (unpaired) electrons. The monoisotopic (exact) mass is 263 g/mol. The molecule has 0 amide bonds. The smallest absolute Gasteiger partial charge is 0.129 e. The second-order valence-electron chi connectivity index (χ2n) is 5.52. The molecular weight excluding hydrogens is 234 g/mol. The number of aromatic nitrogens is 1. The maximum Gasteiger partial charge on any atom is 0.129 e. The Hall–Kier alpha value is -1.09. The third-order valence-corrected chi connectivity index (χ3v) is 3.72. The van der Waals surface area contributed by atoms with Gasteiger partial charge in [-0.3, -0.25) is 0 Å². The number of pyridine rings is 1. The van der Waals surface area contributed by atoms with Gasteiger partial charge in [0.05, 0.1) is 0 Å². The molecule has 1 rings (SSSR count). The summed E-state index contributed by atoms with van der Waals surface area (Å²) in [4.78, 5) is 7.15. The van der Waals surface area contributed by atoms with Crippen molar-refractivity contribution in [2.75, 3.05) is 19.0 Å². The molecule has 0 bridgehead atoms. The van der Waals surface area contributed by atoms with Crippen molar-refractivity contribution in [2.45, 2.75) is 59.0 Å². The average molecular weight is 263 g/mol. The maximum absolute atomic E-state index is 4.83. The SMILES string of the molecule is CCC(CC)N(C)c1cc(CNC)cc(C(C)C)n1. The van der Waals surface area contributed by atoms with E-state index in [9.17, 15) is 0 Å². The lowest BCUT2D eigenvalue weighted by molar-refractivity contribution is 0.584. The molecule has 1 aromatic heterocycles. The molecule has 0 fully saturated rings. The van der Waals surface area contributed by atoms with Crippen molar-refractivity contribution < 1.29 is 0 Å². The third kappa shape index (κ3) is 4.20. The lowest BCUT2D eigenvalue weighted by Crippen LogP contribution is -2.31. The molecule has 0 aliphatic carbocycles. The molecule has 108 valence electrons. The number of hydrogen-bond donors (Lipinski definition) is 1. The minimum absolute atomic E-state index is 0.464. The first-order chi connectivity index (χ1) is 9.03. The van der Waals surface area contributed by atoms with Crippen molar-refractivity contribution >= 4 is 5.82 Å². The van der Waals surface area contributed by atoms with Crippen molar-refractivity contribution in [3.05, 3.63) is 23.4 Å². The Morgan fingerprint density at radius 1 is 1.21 bits per heavy atom. The van der Waals surface area contributed by atoms with Gasteiger partial charge in [-0.05, 0) is 43.5 Å². The van der Waals surface area contributed by atoms with Gasteiger partial charge in [-0.1, -0.05) is 27.7 Å². The van der Waals surface area contributed by atoms with E-state index in [-0.39, 0.29) is 0 Å². The molecule has 3 nitrogen and oxygen atoms in total. The standard InChI is InChI=1S/C16H29N3/c1-7-14(8-2)19(6)16-10-13(11-17-5)9-15(18-16)12(3)4/h9-10,12,14,17H,7-8,11H2,1-6H3. The van der Waals surface area contributed by atoms with Gasteiger partial charge in [-0.2, -0.15) is 0 Å². The molecule has 0 saturated carbocycles. The first kappa shape index (κ1) is 16.0. The minimum Gasteiger partial charge on any atom is -0.357 e. The highest BCUT2D eigenvalue weighted by molar-refractivity contribution is 5.43. The zero-order valence-electron chi connectivity index (χ0n) is 13.3. The third-order valence-electron chi connectivity index (χ3n) is 3.72. The van der Waals surface area contributed by atoms with E-state index < -0.39 is 0 Å². The predicted molar refractivity (Wildman–Crippen MR) is 83.9 cm³/mol. The number of anilines is 1. The minimum atomic E-state index is 0.464. The summed E-state index contributed by atoms with van der Waals surface area (Å²) in [5.41, 5.74) is 2.49. The van der Waals surface area contributed by atoms with E-state index in [1.54, 1.807) is 0 Å². The fourth-order valence-electron chi connectivity index (χ4n) is 2.40. The van der Waals surface area contributed by atoms with Gasteiger partial charge in [0.2, 0.25) is 0 Å². The van der Waals surface area contributed by atoms with Crippen LogP contribution in [0, 0.1) is 0 Å². The molecule has 0 unspecified atom stereocenters. The van der Waals surface area contributed by atoms with Crippen molar-refractivity contribution in [2.24, 2.45) is 0 Å². The number of hydrogen-bond acceptors (Lipinski definition) is 3. The number of rotatable bonds is 7. The van der Waals surface area contributed by atoms with E-state index in [1.807, 2.05) is 7.05 Å². The molecule has 0 aliphatic heterocycles. The molecule has 0 aliphatic rings. The van der Waals surface area contributed by atoms with Crippen LogP contribution in [-0.2, 0) is 6.54 Å². The zero-order chi connectivity index (χ0) is 14.4.